The van der Waals surface area contributed by atoms with E-state index in [2.05, 4.69) is 6.58 Å². The highest BCUT2D eigenvalue weighted by molar-refractivity contribution is 7.99. The first kappa shape index (κ1) is 15.0. The molecule has 2 aromatic rings. The van der Waals surface area contributed by atoms with Crippen LogP contribution in [-0.2, 0) is 0 Å². The van der Waals surface area contributed by atoms with Crippen molar-refractivity contribution in [2.45, 2.75) is 31.8 Å². The summed E-state index contributed by atoms with van der Waals surface area (Å²) < 4.78 is 5.65. The van der Waals surface area contributed by atoms with E-state index in [-0.39, 0.29) is 17.1 Å². The summed E-state index contributed by atoms with van der Waals surface area (Å²) in [4.78, 5) is 12.3. The first-order chi connectivity index (χ1) is 10.4. The highest BCUT2D eigenvalue weighted by Crippen LogP contribution is 2.46. The van der Waals surface area contributed by atoms with Crippen LogP contribution in [-0.4, -0.2) is 10.9 Å². The number of phenolic OH excluding ortho intramolecular Hbond substituents is 1. The van der Waals surface area contributed by atoms with Crippen molar-refractivity contribution < 1.29 is 9.52 Å². The smallest absolute Gasteiger partial charge is 0.193 e. The van der Waals surface area contributed by atoms with E-state index in [0.29, 0.717) is 22.2 Å². The van der Waals surface area contributed by atoms with E-state index in [1.165, 1.54) is 17.8 Å². The lowest BCUT2D eigenvalue weighted by Crippen LogP contribution is -2.18. The molecule has 114 valence electrons. The Hall–Kier alpha value is -1.94. The van der Waals surface area contributed by atoms with Crippen molar-refractivity contribution in [2.75, 3.05) is 5.75 Å². The molecule has 0 radical (unpaired) electrons. The zero-order valence-corrected chi connectivity index (χ0v) is 13.7. The van der Waals surface area contributed by atoms with Gasteiger partial charge in [0, 0.05) is 23.3 Å². The Kier molecular flexibility index (Phi) is 3.65. The number of benzene rings is 1. The average Bonchev–Trinajstić information content (AvgIpc) is 2.42. The lowest BCUT2D eigenvalue weighted by molar-refractivity contribution is 0.421. The van der Waals surface area contributed by atoms with Gasteiger partial charge in [-0.15, -0.1) is 0 Å². The van der Waals surface area contributed by atoms with Gasteiger partial charge in [-0.1, -0.05) is 36.0 Å². The molecule has 1 atom stereocenters. The number of hydrogen-bond acceptors (Lipinski definition) is 4. The molecular formula is C18H18O3S. The highest BCUT2D eigenvalue weighted by atomic mass is 32.2. The monoisotopic (exact) mass is 314 g/mol. The summed E-state index contributed by atoms with van der Waals surface area (Å²) in [5.41, 5.74) is 3.97. The van der Waals surface area contributed by atoms with Gasteiger partial charge in [0.1, 0.15) is 11.5 Å². The molecule has 2 heterocycles. The summed E-state index contributed by atoms with van der Waals surface area (Å²) in [5, 5.41) is 11.0. The molecule has 3 nitrogen and oxygen atoms in total. The van der Waals surface area contributed by atoms with Crippen LogP contribution in [0.5, 0.6) is 5.75 Å². The molecular weight excluding hydrogens is 296 g/mol. The average molecular weight is 314 g/mol. The Bertz CT molecular complexity index is 833. The van der Waals surface area contributed by atoms with Crippen LogP contribution >= 0.6 is 11.8 Å². The molecule has 22 heavy (non-hydrogen) atoms. The Morgan fingerprint density at radius 1 is 1.27 bits per heavy atom. The van der Waals surface area contributed by atoms with Gasteiger partial charge < -0.3 is 9.52 Å². The Morgan fingerprint density at radius 2 is 2.00 bits per heavy atom. The fourth-order valence-corrected chi connectivity index (χ4v) is 4.21. The minimum Gasteiger partial charge on any atom is -0.507 e. The van der Waals surface area contributed by atoms with Crippen LogP contribution in [0.1, 0.15) is 33.9 Å². The van der Waals surface area contributed by atoms with Crippen LogP contribution in [0.25, 0.3) is 5.57 Å². The number of rotatable bonds is 1. The van der Waals surface area contributed by atoms with E-state index in [4.69, 9.17) is 4.42 Å². The Labute approximate surface area is 133 Å². The normalized spacial score (nSPS) is 17.4. The van der Waals surface area contributed by atoms with Gasteiger partial charge in [0.2, 0.25) is 0 Å². The molecule has 0 bridgehead atoms. The van der Waals surface area contributed by atoms with Crippen molar-refractivity contribution in [2.24, 2.45) is 0 Å². The van der Waals surface area contributed by atoms with Crippen LogP contribution < -0.4 is 5.43 Å². The predicted octanol–water partition coefficient (Wildman–Crippen LogP) is 4.17. The van der Waals surface area contributed by atoms with Gasteiger partial charge in [0.25, 0.3) is 0 Å². The summed E-state index contributed by atoms with van der Waals surface area (Å²) in [7, 11) is 0. The number of aryl methyl sites for hydroxylation is 3. The van der Waals surface area contributed by atoms with Crippen molar-refractivity contribution in [1.82, 2.24) is 0 Å². The van der Waals surface area contributed by atoms with Crippen molar-refractivity contribution in [3.63, 3.8) is 0 Å². The highest BCUT2D eigenvalue weighted by Gasteiger charge is 2.30. The predicted molar refractivity (Wildman–Crippen MR) is 89.8 cm³/mol. The van der Waals surface area contributed by atoms with E-state index < -0.39 is 0 Å². The van der Waals surface area contributed by atoms with Crippen LogP contribution in [0.15, 0.2) is 39.1 Å². The van der Waals surface area contributed by atoms with Crippen LogP contribution in [0.2, 0.25) is 0 Å². The zero-order chi connectivity index (χ0) is 16.0. The van der Waals surface area contributed by atoms with Crippen molar-refractivity contribution in [1.29, 1.82) is 0 Å². The third kappa shape index (κ3) is 2.37. The van der Waals surface area contributed by atoms with Gasteiger partial charge in [-0.2, -0.15) is 0 Å². The van der Waals surface area contributed by atoms with E-state index in [0.717, 1.165) is 22.3 Å². The third-order valence-corrected chi connectivity index (χ3v) is 5.06. The molecule has 1 unspecified atom stereocenters. The summed E-state index contributed by atoms with van der Waals surface area (Å²) in [6, 6.07) is 5.41. The molecule has 0 amide bonds. The van der Waals surface area contributed by atoms with E-state index in [1.54, 1.807) is 6.92 Å². The molecule has 0 saturated carbocycles. The fourth-order valence-electron chi connectivity index (χ4n) is 2.94. The van der Waals surface area contributed by atoms with Gasteiger partial charge in [0.05, 0.1) is 5.56 Å². The van der Waals surface area contributed by atoms with Crippen molar-refractivity contribution in [3.8, 4) is 5.75 Å². The Balaban J connectivity index is 2.13. The van der Waals surface area contributed by atoms with E-state index >= 15 is 0 Å². The molecule has 4 heteroatoms. The molecule has 0 saturated heterocycles. The number of fused-ring (bicyclic) bond motifs is 1. The largest absolute Gasteiger partial charge is 0.507 e. The van der Waals surface area contributed by atoms with Crippen LogP contribution in [0.4, 0.5) is 0 Å². The molecule has 1 aliphatic heterocycles. The molecule has 0 spiro atoms. The van der Waals surface area contributed by atoms with E-state index in [9.17, 15) is 9.90 Å². The standard InChI is InChI=1S/C18H18O3S/c1-9-5-10(2)17(20)13(6-9)14-8-22-18-16(12(14)4)15(19)7-11(3)21-18/h5-7,14,20H,4,8H2,1-3H3. The molecule has 0 aliphatic carbocycles. The topological polar surface area (TPSA) is 50.4 Å². The van der Waals surface area contributed by atoms with Gasteiger partial charge in [-0.25, -0.2) is 0 Å². The quantitative estimate of drug-likeness (QED) is 0.858. The third-order valence-electron chi connectivity index (χ3n) is 4.01. The number of thioether (sulfide) groups is 1. The minimum absolute atomic E-state index is 0.0650. The van der Waals surface area contributed by atoms with Crippen molar-refractivity contribution >= 4 is 17.3 Å². The SMILES string of the molecule is C=C1c2c(oc(C)cc2=O)SCC1c1cc(C)cc(C)c1O. The molecule has 1 aromatic heterocycles. The first-order valence-corrected chi connectivity index (χ1v) is 8.14. The number of allylic oxidation sites excluding steroid dienone is 1. The second-order valence-electron chi connectivity index (χ2n) is 5.79. The number of phenols is 1. The lowest BCUT2D eigenvalue weighted by Gasteiger charge is -2.26. The lowest BCUT2D eigenvalue weighted by atomic mass is 9.87. The summed E-state index contributed by atoms with van der Waals surface area (Å²) in [6.45, 7) is 9.78. The second kappa shape index (κ2) is 5.36. The second-order valence-corrected chi connectivity index (χ2v) is 6.79. The minimum atomic E-state index is -0.0818. The van der Waals surface area contributed by atoms with Gasteiger partial charge >= 0.3 is 0 Å². The van der Waals surface area contributed by atoms with Gasteiger partial charge in [0.15, 0.2) is 10.5 Å². The van der Waals surface area contributed by atoms with E-state index in [1.807, 2.05) is 26.0 Å². The maximum atomic E-state index is 12.3. The number of aromatic hydroxyl groups is 1. The summed E-state index contributed by atoms with van der Waals surface area (Å²) >= 11 is 1.51. The molecule has 3 rings (SSSR count). The zero-order valence-electron chi connectivity index (χ0n) is 12.9. The summed E-state index contributed by atoms with van der Waals surface area (Å²) in [6.07, 6.45) is 0. The van der Waals surface area contributed by atoms with Crippen LogP contribution in [0.3, 0.4) is 0 Å². The maximum absolute atomic E-state index is 12.3. The van der Waals surface area contributed by atoms with Gasteiger partial charge in [-0.05, 0) is 31.9 Å². The Morgan fingerprint density at radius 3 is 2.73 bits per heavy atom. The maximum Gasteiger partial charge on any atom is 0.193 e. The van der Waals surface area contributed by atoms with Gasteiger partial charge in [-0.3, -0.25) is 4.79 Å². The molecule has 1 N–H and O–H groups in total. The number of hydrogen-bond donors (Lipinski definition) is 1. The first-order valence-electron chi connectivity index (χ1n) is 7.15. The molecule has 0 fully saturated rings. The van der Waals surface area contributed by atoms with Crippen LogP contribution in [0, 0.1) is 20.8 Å². The fraction of sp³-hybridized carbons (Fsp3) is 0.278. The summed E-state index contributed by atoms with van der Waals surface area (Å²) in [5.74, 6) is 1.52. The van der Waals surface area contributed by atoms with Crippen molar-refractivity contribution in [3.05, 3.63) is 63.0 Å². The molecule has 1 aliphatic rings. The molecule has 1 aromatic carbocycles.